The minimum absolute atomic E-state index is 0.201. The first-order chi connectivity index (χ1) is 8.18. The van der Waals surface area contributed by atoms with E-state index < -0.39 is 0 Å². The van der Waals surface area contributed by atoms with Gasteiger partial charge in [-0.1, -0.05) is 0 Å². The minimum atomic E-state index is 0.201. The molecule has 4 heteroatoms. The number of nitrogens with two attached hydrogens (primary N) is 1. The van der Waals surface area contributed by atoms with E-state index in [1.54, 1.807) is 0 Å². The van der Waals surface area contributed by atoms with Crippen molar-refractivity contribution in [1.82, 2.24) is 14.8 Å². The zero-order chi connectivity index (χ0) is 12.0. The Morgan fingerprint density at radius 1 is 1.47 bits per heavy atom. The molecule has 0 spiro atoms. The summed E-state index contributed by atoms with van der Waals surface area (Å²) in [5.41, 5.74) is 12.1. The van der Waals surface area contributed by atoms with E-state index in [2.05, 4.69) is 34.0 Å². The van der Waals surface area contributed by atoms with Crippen molar-refractivity contribution in [2.45, 2.75) is 39.2 Å². The van der Waals surface area contributed by atoms with Gasteiger partial charge in [-0.15, -0.1) is 0 Å². The van der Waals surface area contributed by atoms with Crippen LogP contribution in [0.4, 0.5) is 0 Å². The maximum absolute atomic E-state index is 6.15. The smallest absolute Gasteiger partial charge is 0.0892 e. The van der Waals surface area contributed by atoms with Gasteiger partial charge in [0.15, 0.2) is 0 Å². The fourth-order valence-corrected chi connectivity index (χ4v) is 2.84. The van der Waals surface area contributed by atoms with E-state index in [0.717, 1.165) is 24.2 Å². The van der Waals surface area contributed by atoms with Crippen LogP contribution >= 0.6 is 0 Å². The fraction of sp³-hybridized carbons (Fsp3) is 0.462. The average Bonchev–Trinajstić information content (AvgIpc) is 2.84. The van der Waals surface area contributed by atoms with Gasteiger partial charge in [0.05, 0.1) is 17.1 Å². The van der Waals surface area contributed by atoms with Crippen LogP contribution in [0.1, 0.15) is 41.5 Å². The lowest BCUT2D eigenvalue weighted by atomic mass is 9.93. The van der Waals surface area contributed by atoms with Gasteiger partial charge in [0, 0.05) is 17.9 Å². The number of aryl methyl sites for hydroxylation is 2. The lowest BCUT2D eigenvalue weighted by Gasteiger charge is -2.21. The van der Waals surface area contributed by atoms with Crippen LogP contribution in [0.5, 0.6) is 0 Å². The Morgan fingerprint density at radius 2 is 2.29 bits per heavy atom. The molecule has 2 heterocycles. The van der Waals surface area contributed by atoms with Crippen LogP contribution in [-0.2, 0) is 6.42 Å². The van der Waals surface area contributed by atoms with E-state index in [9.17, 15) is 0 Å². The van der Waals surface area contributed by atoms with E-state index in [0.29, 0.717) is 0 Å². The number of hydrogen-bond donors (Lipinski definition) is 2. The second-order valence-corrected chi connectivity index (χ2v) is 4.87. The molecule has 0 bridgehead atoms. The summed E-state index contributed by atoms with van der Waals surface area (Å²) in [6.07, 6.45) is 5.51. The van der Waals surface area contributed by atoms with Crippen molar-refractivity contribution in [3.8, 4) is 5.69 Å². The Labute approximate surface area is 101 Å². The highest BCUT2D eigenvalue weighted by molar-refractivity contribution is 5.45. The third kappa shape index (κ3) is 1.52. The summed E-state index contributed by atoms with van der Waals surface area (Å²) in [6, 6.07) is 2.36. The minimum Gasteiger partial charge on any atom is -0.324 e. The normalized spacial score (nSPS) is 19.4. The van der Waals surface area contributed by atoms with Crippen LogP contribution in [0.3, 0.4) is 0 Å². The van der Waals surface area contributed by atoms with Crippen molar-refractivity contribution in [2.24, 2.45) is 5.73 Å². The molecule has 0 amide bonds. The number of H-pyrrole nitrogens is 1. The highest BCUT2D eigenvalue weighted by atomic mass is 15.2. The average molecular weight is 230 g/mol. The summed E-state index contributed by atoms with van der Waals surface area (Å²) >= 11 is 0. The first-order valence-corrected chi connectivity index (χ1v) is 6.16. The molecule has 1 aliphatic rings. The Morgan fingerprint density at radius 3 is 3.00 bits per heavy atom. The molecule has 0 radical (unpaired) electrons. The molecule has 3 rings (SSSR count). The lowest BCUT2D eigenvalue weighted by Crippen LogP contribution is -2.18. The Kier molecular flexibility index (Phi) is 2.33. The summed E-state index contributed by atoms with van der Waals surface area (Å²) in [6.45, 7) is 4.10. The van der Waals surface area contributed by atoms with Gasteiger partial charge in [-0.25, -0.2) is 0 Å². The summed E-state index contributed by atoms with van der Waals surface area (Å²) < 4.78 is 2.25. The molecular weight excluding hydrogens is 212 g/mol. The third-order valence-corrected chi connectivity index (χ3v) is 3.69. The van der Waals surface area contributed by atoms with Crippen LogP contribution in [0, 0.1) is 13.8 Å². The van der Waals surface area contributed by atoms with E-state index in [4.69, 9.17) is 5.73 Å². The Bertz CT molecular complexity index is 530. The van der Waals surface area contributed by atoms with Crippen LogP contribution in [0.2, 0.25) is 0 Å². The molecule has 0 fully saturated rings. The predicted octanol–water partition coefficient (Wildman–Crippen LogP) is 2.15. The summed E-state index contributed by atoms with van der Waals surface area (Å²) in [7, 11) is 0. The zero-order valence-electron chi connectivity index (χ0n) is 10.3. The van der Waals surface area contributed by atoms with E-state index in [1.165, 1.54) is 23.4 Å². The second kappa shape index (κ2) is 3.74. The van der Waals surface area contributed by atoms with Crippen molar-refractivity contribution in [1.29, 1.82) is 0 Å². The van der Waals surface area contributed by atoms with Crippen molar-refractivity contribution >= 4 is 0 Å². The maximum atomic E-state index is 6.15. The number of rotatable bonds is 1. The van der Waals surface area contributed by atoms with E-state index >= 15 is 0 Å². The molecule has 4 nitrogen and oxygen atoms in total. The van der Waals surface area contributed by atoms with Crippen molar-refractivity contribution in [3.63, 3.8) is 0 Å². The topological polar surface area (TPSA) is 59.6 Å². The first kappa shape index (κ1) is 10.6. The molecule has 2 aromatic heterocycles. The van der Waals surface area contributed by atoms with Crippen LogP contribution < -0.4 is 5.73 Å². The van der Waals surface area contributed by atoms with Crippen molar-refractivity contribution < 1.29 is 0 Å². The largest absolute Gasteiger partial charge is 0.324 e. The number of aromatic amines is 1. The molecule has 3 N–H and O–H groups in total. The summed E-state index contributed by atoms with van der Waals surface area (Å²) in [5.74, 6) is 0. The number of hydrogen-bond acceptors (Lipinski definition) is 2. The number of nitrogens with zero attached hydrogens (tertiary/aromatic N) is 2. The number of aromatic nitrogens is 3. The molecule has 1 atom stereocenters. The first-order valence-electron chi connectivity index (χ1n) is 6.16. The molecular formula is C13H18N4. The van der Waals surface area contributed by atoms with Gasteiger partial charge in [0.25, 0.3) is 0 Å². The van der Waals surface area contributed by atoms with Crippen LogP contribution in [-0.4, -0.2) is 14.8 Å². The fourth-order valence-electron chi connectivity index (χ4n) is 2.84. The summed E-state index contributed by atoms with van der Waals surface area (Å²) in [4.78, 5) is 0. The van der Waals surface area contributed by atoms with Gasteiger partial charge >= 0.3 is 0 Å². The summed E-state index contributed by atoms with van der Waals surface area (Å²) in [5, 5.41) is 7.30. The van der Waals surface area contributed by atoms with Gasteiger partial charge in [0.2, 0.25) is 0 Å². The van der Waals surface area contributed by atoms with Gasteiger partial charge in [-0.3, -0.25) is 5.10 Å². The van der Waals surface area contributed by atoms with Gasteiger partial charge in [-0.2, -0.15) is 5.10 Å². The van der Waals surface area contributed by atoms with Crippen molar-refractivity contribution in [2.75, 3.05) is 0 Å². The molecule has 0 aliphatic heterocycles. The van der Waals surface area contributed by atoms with Gasteiger partial charge in [0.1, 0.15) is 0 Å². The molecule has 2 aromatic rings. The zero-order valence-corrected chi connectivity index (χ0v) is 10.3. The number of nitrogens with one attached hydrogen (secondary N) is 1. The van der Waals surface area contributed by atoms with Crippen molar-refractivity contribution in [3.05, 3.63) is 34.9 Å². The lowest BCUT2D eigenvalue weighted by molar-refractivity contribution is 0.560. The molecule has 17 heavy (non-hydrogen) atoms. The molecule has 0 saturated heterocycles. The quantitative estimate of drug-likeness (QED) is 0.788. The highest BCUT2D eigenvalue weighted by Gasteiger charge is 2.22. The third-order valence-electron chi connectivity index (χ3n) is 3.69. The highest BCUT2D eigenvalue weighted by Crippen LogP contribution is 2.31. The molecule has 0 aromatic carbocycles. The van der Waals surface area contributed by atoms with E-state index in [-0.39, 0.29) is 6.04 Å². The standard InChI is InChI=1S/C13H18N4/c1-8-13(9(2)16-15-8)17-7-6-10-11(14)4-3-5-12(10)17/h6-7,11H,3-5,14H2,1-2H3,(H,15,16). The van der Waals surface area contributed by atoms with Gasteiger partial charge < -0.3 is 10.3 Å². The van der Waals surface area contributed by atoms with Crippen LogP contribution in [0.25, 0.3) is 5.69 Å². The number of fused-ring (bicyclic) bond motifs is 1. The van der Waals surface area contributed by atoms with E-state index in [1.807, 2.05) is 6.92 Å². The van der Waals surface area contributed by atoms with Crippen LogP contribution in [0.15, 0.2) is 12.3 Å². The SMILES string of the molecule is Cc1n[nH]c(C)c1-n1ccc2c1CCCC2N. The Hall–Kier alpha value is -1.55. The Balaban J connectivity index is 2.17. The maximum Gasteiger partial charge on any atom is 0.0892 e. The molecule has 0 saturated carbocycles. The monoisotopic (exact) mass is 230 g/mol. The predicted molar refractivity (Wildman–Crippen MR) is 67.3 cm³/mol. The van der Waals surface area contributed by atoms with Gasteiger partial charge in [-0.05, 0) is 44.7 Å². The molecule has 1 unspecified atom stereocenters. The molecule has 1 aliphatic carbocycles. The second-order valence-electron chi connectivity index (χ2n) is 4.87. The molecule has 90 valence electrons.